The van der Waals surface area contributed by atoms with Gasteiger partial charge in [0.05, 0.1) is 61.6 Å². The summed E-state index contributed by atoms with van der Waals surface area (Å²) in [6.07, 6.45) is 1.79. The number of carbonyl (C=O) groups is 6. The van der Waals surface area contributed by atoms with E-state index in [0.717, 1.165) is 0 Å². The predicted octanol–water partition coefficient (Wildman–Crippen LogP) is -0.753. The van der Waals surface area contributed by atoms with Gasteiger partial charge in [0.2, 0.25) is 11.8 Å². The molecule has 2 aliphatic heterocycles. The molecule has 0 aliphatic carbocycles. The normalized spacial score (nSPS) is 18.2. The summed E-state index contributed by atoms with van der Waals surface area (Å²) >= 11 is 0. The van der Waals surface area contributed by atoms with Crippen molar-refractivity contribution in [1.82, 2.24) is 35.1 Å². The number of nitriles is 1. The van der Waals surface area contributed by atoms with Crippen molar-refractivity contribution < 1.29 is 66.8 Å². The molecule has 67 heavy (non-hydrogen) atoms. The maximum atomic E-state index is 13.9. The number of benzene rings is 2. The van der Waals surface area contributed by atoms with Crippen LogP contribution in [0, 0.1) is 16.5 Å². The zero-order valence-corrected chi connectivity index (χ0v) is 37.5. The quantitative estimate of drug-likeness (QED) is 0.0313. The molecule has 0 unspecified atom stereocenters. The van der Waals surface area contributed by atoms with Gasteiger partial charge in [-0.2, -0.15) is 5.26 Å². The van der Waals surface area contributed by atoms with Crippen molar-refractivity contribution >= 4 is 56.7 Å². The zero-order chi connectivity index (χ0) is 49.3. The van der Waals surface area contributed by atoms with Crippen molar-refractivity contribution in [2.45, 2.75) is 29.7 Å². The van der Waals surface area contributed by atoms with Crippen LogP contribution in [0.2, 0.25) is 0 Å². The van der Waals surface area contributed by atoms with Gasteiger partial charge in [-0.25, -0.2) is 17.2 Å². The van der Waals surface area contributed by atoms with Crippen molar-refractivity contribution in [3.8, 4) is 17.2 Å². The molecular formula is C43H55F2N9O12S. The third kappa shape index (κ3) is 16.9. The molecule has 2 aliphatic rings. The summed E-state index contributed by atoms with van der Waals surface area (Å²) in [7, 11) is -3.85. The van der Waals surface area contributed by atoms with Crippen LogP contribution < -0.4 is 16.1 Å². The lowest BCUT2D eigenvalue weighted by atomic mass is 9.96. The maximum Gasteiger partial charge on any atom is 0.317 e. The van der Waals surface area contributed by atoms with Crippen LogP contribution in [-0.4, -0.2) is 200 Å². The monoisotopic (exact) mass is 959 g/mol. The minimum absolute atomic E-state index is 0.00239. The van der Waals surface area contributed by atoms with E-state index in [1.54, 1.807) is 31.7 Å². The van der Waals surface area contributed by atoms with Gasteiger partial charge in [-0.1, -0.05) is 24.8 Å². The van der Waals surface area contributed by atoms with Gasteiger partial charge in [0.15, 0.2) is 9.84 Å². The number of allylic oxidation sites excluding steroid dienone is 2. The number of aliphatic carboxylic acids is 3. The predicted molar refractivity (Wildman–Crippen MR) is 237 cm³/mol. The standard InChI is InChI=1S/C43H55F2N9O12S/c1-2-4-34(42(63)48-24-38(56)54-29-43(44,45)22-32(54)23-46)35-21-31(7-10-36(35)49-64)30-5-8-33(9-6-30)67(65,66)20-3-11-47-37(55)25-50-12-14-51(26-39(57)58)16-18-53(28-41(61)62)19-17-52(15-13-50)27-40(59)60/h2,4-10,21,32H,1,3,11-20,22,24-29,49H2,(H,47,55)(H,48,63)(H,57,58)(H,59,60)(H,61,62)/b34-4+/t32-/m0/s1. The summed E-state index contributed by atoms with van der Waals surface area (Å²) in [5.41, 5.74) is 1.63. The molecule has 364 valence electrons. The molecule has 1 atom stereocenters. The third-order valence-electron chi connectivity index (χ3n) is 11.0. The average Bonchev–Trinajstić information content (AvgIpc) is 3.60. The highest BCUT2D eigenvalue weighted by Crippen LogP contribution is 2.32. The molecule has 4 rings (SSSR count). The van der Waals surface area contributed by atoms with Crippen molar-refractivity contribution in [1.29, 1.82) is 5.26 Å². The Hall–Kier alpha value is -6.20. The minimum Gasteiger partial charge on any atom is -0.630 e. The first-order valence-electron chi connectivity index (χ1n) is 21.2. The molecule has 3 amide bonds. The molecule has 0 spiro atoms. The lowest BCUT2D eigenvalue weighted by Crippen LogP contribution is -2.70. The number of carbonyl (C=O) groups excluding carboxylic acids is 3. The largest absolute Gasteiger partial charge is 0.630 e. The molecule has 0 radical (unpaired) electrons. The van der Waals surface area contributed by atoms with Gasteiger partial charge in [-0.05, 0) is 47.9 Å². The fourth-order valence-electron chi connectivity index (χ4n) is 7.53. The number of hydrogen-bond acceptors (Lipinski definition) is 14. The number of halogens is 2. The fourth-order valence-corrected chi connectivity index (χ4v) is 8.84. The molecule has 0 bridgehead atoms. The number of carboxylic acid groups (broad SMARTS) is 3. The minimum atomic E-state index is -3.85. The second kappa shape index (κ2) is 25.1. The van der Waals surface area contributed by atoms with Crippen molar-refractivity contribution in [2.75, 3.05) is 104 Å². The summed E-state index contributed by atoms with van der Waals surface area (Å²) in [6, 6.07) is 10.7. The van der Waals surface area contributed by atoms with Gasteiger partial charge >= 0.3 is 17.9 Å². The number of nitrogens with two attached hydrogens (primary N) is 1. The number of likely N-dealkylation sites (tertiary alicyclic amines) is 1. The molecular weight excluding hydrogens is 905 g/mol. The second-order valence-electron chi connectivity index (χ2n) is 16.0. The van der Waals surface area contributed by atoms with E-state index in [1.165, 1.54) is 48.6 Å². The smallest absolute Gasteiger partial charge is 0.317 e. The van der Waals surface area contributed by atoms with Gasteiger partial charge in [-0.3, -0.25) is 48.4 Å². The third-order valence-corrected chi connectivity index (χ3v) is 12.8. The van der Waals surface area contributed by atoms with E-state index in [-0.39, 0.29) is 119 Å². The van der Waals surface area contributed by atoms with Gasteiger partial charge in [0.25, 0.3) is 11.8 Å². The van der Waals surface area contributed by atoms with Gasteiger partial charge in [-0.15, -0.1) is 0 Å². The Morgan fingerprint density at radius 3 is 1.81 bits per heavy atom. The van der Waals surface area contributed by atoms with E-state index >= 15 is 0 Å². The number of amides is 3. The van der Waals surface area contributed by atoms with Crippen LogP contribution in [-0.2, 0) is 38.6 Å². The van der Waals surface area contributed by atoms with Crippen LogP contribution in [0.25, 0.3) is 16.7 Å². The van der Waals surface area contributed by atoms with Crippen molar-refractivity contribution in [2.24, 2.45) is 0 Å². The first kappa shape index (κ1) is 53.4. The Morgan fingerprint density at radius 1 is 0.821 bits per heavy atom. The van der Waals surface area contributed by atoms with Crippen LogP contribution in [0.1, 0.15) is 18.4 Å². The highest BCUT2D eigenvalue weighted by Gasteiger charge is 2.47. The number of carboxylic acids is 3. The van der Waals surface area contributed by atoms with Gasteiger partial charge < -0.3 is 41.5 Å². The number of quaternary nitrogens is 1. The molecule has 24 heteroatoms. The van der Waals surface area contributed by atoms with Crippen LogP contribution in [0.15, 0.2) is 66.1 Å². The van der Waals surface area contributed by atoms with Crippen LogP contribution in [0.5, 0.6) is 0 Å². The lowest BCUT2D eigenvalue weighted by Gasteiger charge is -2.32. The Balaban J connectivity index is 1.36. The van der Waals surface area contributed by atoms with Crippen molar-refractivity contribution in [3.05, 3.63) is 72.0 Å². The number of nitrogens with zero attached hydrogens (tertiary/aromatic N) is 6. The van der Waals surface area contributed by atoms with Crippen LogP contribution >= 0.6 is 0 Å². The Bertz CT molecular complexity index is 2280. The highest BCUT2D eigenvalue weighted by molar-refractivity contribution is 7.91. The Labute approximate surface area is 385 Å². The molecule has 0 aromatic heterocycles. The summed E-state index contributed by atoms with van der Waals surface area (Å²) in [5, 5.41) is 54.6. The topological polar surface area (TPSA) is 301 Å². The molecule has 2 heterocycles. The molecule has 2 saturated heterocycles. The first-order valence-corrected chi connectivity index (χ1v) is 22.8. The van der Waals surface area contributed by atoms with Gasteiger partial charge in [0, 0.05) is 77.0 Å². The summed E-state index contributed by atoms with van der Waals surface area (Å²) in [5.74, 6) is -8.98. The number of hydrogen-bond donors (Lipinski definition) is 6. The van der Waals surface area contributed by atoms with Crippen molar-refractivity contribution in [3.63, 3.8) is 0 Å². The molecule has 2 fully saturated rings. The van der Waals surface area contributed by atoms with E-state index < -0.39 is 76.9 Å². The van der Waals surface area contributed by atoms with E-state index in [2.05, 4.69) is 17.2 Å². The molecule has 2 aromatic rings. The average molecular weight is 960 g/mol. The fraction of sp³-hybridized carbons (Fsp3) is 0.465. The Kier molecular flexibility index (Phi) is 20.0. The number of sulfone groups is 1. The van der Waals surface area contributed by atoms with Crippen LogP contribution in [0.4, 0.5) is 14.5 Å². The van der Waals surface area contributed by atoms with E-state index in [9.17, 15) is 71.8 Å². The summed E-state index contributed by atoms with van der Waals surface area (Å²) in [6.45, 7) is 2.64. The number of rotatable bonds is 20. The Morgan fingerprint density at radius 2 is 1.33 bits per heavy atom. The number of alkyl halides is 2. The summed E-state index contributed by atoms with van der Waals surface area (Å²) in [4.78, 5) is 81.0. The van der Waals surface area contributed by atoms with E-state index in [1.807, 2.05) is 0 Å². The lowest BCUT2D eigenvalue weighted by molar-refractivity contribution is -0.497. The highest BCUT2D eigenvalue weighted by atomic mass is 32.2. The second-order valence-corrected chi connectivity index (χ2v) is 18.1. The number of nitrogens with one attached hydrogen (secondary N) is 2. The van der Waals surface area contributed by atoms with Gasteiger partial charge in [0.1, 0.15) is 11.7 Å². The van der Waals surface area contributed by atoms with Crippen LogP contribution in [0.3, 0.4) is 0 Å². The first-order chi connectivity index (χ1) is 31.7. The van der Waals surface area contributed by atoms with E-state index in [0.29, 0.717) is 21.5 Å². The zero-order valence-electron chi connectivity index (χ0n) is 36.6. The molecule has 2 aromatic carbocycles. The summed E-state index contributed by atoms with van der Waals surface area (Å²) < 4.78 is 54.4. The maximum absolute atomic E-state index is 13.9. The molecule has 7 N–H and O–H groups in total. The SMILES string of the molecule is C=C/C=C(/C(=O)NCC(=O)N1CC(F)(F)C[C@H]1C#N)c1cc(-c2ccc(S(=O)(=O)CCCNC(=O)CN3CCN(CC(=O)O)CCN(CC(=O)O)CCN(CC(=O)O)CC3)cc2)ccc1[NH2+][O-]. The molecule has 21 nitrogen and oxygen atoms in total. The molecule has 0 saturated carbocycles. The van der Waals surface area contributed by atoms with E-state index in [4.69, 9.17) is 0 Å².